The van der Waals surface area contributed by atoms with Crippen LogP contribution in [0.25, 0.3) is 0 Å². The molecule has 0 amide bonds. The number of halogens is 3. The molecule has 2 aliphatic heterocycles. The molecule has 0 saturated carbocycles. The highest BCUT2D eigenvalue weighted by atomic mass is 32.2. The number of ether oxygens (including phenoxy) is 2. The van der Waals surface area contributed by atoms with Crippen LogP contribution in [0.5, 0.6) is 17.2 Å². The molecule has 0 radical (unpaired) electrons. The minimum atomic E-state index is -4.69. The van der Waals surface area contributed by atoms with Crippen molar-refractivity contribution in [1.29, 1.82) is 0 Å². The summed E-state index contributed by atoms with van der Waals surface area (Å²) in [5.74, 6) is 1.44. The van der Waals surface area contributed by atoms with Crippen LogP contribution in [0, 0.1) is 0 Å². The molecule has 2 N–H and O–H groups in total. The quantitative estimate of drug-likeness (QED) is 0.453. The third-order valence-corrected chi connectivity index (χ3v) is 6.52. The second kappa shape index (κ2) is 9.17. The van der Waals surface area contributed by atoms with E-state index in [0.29, 0.717) is 0 Å². The lowest BCUT2D eigenvalue weighted by Gasteiger charge is -2.42. The van der Waals surface area contributed by atoms with Gasteiger partial charge in [0.2, 0.25) is 0 Å². The van der Waals surface area contributed by atoms with Gasteiger partial charge in [-0.05, 0) is 66.9 Å². The van der Waals surface area contributed by atoms with Gasteiger partial charge in [0.05, 0.1) is 11.4 Å². The minimum Gasteiger partial charge on any atom is -0.453 e. The molecule has 3 aromatic carbocycles. The van der Waals surface area contributed by atoms with Gasteiger partial charge in [0.15, 0.2) is 11.5 Å². The molecule has 2 heterocycles. The van der Waals surface area contributed by atoms with E-state index in [1.807, 2.05) is 36.4 Å². The Bertz CT molecular complexity index is 1070. The molecule has 172 valence electrons. The number of benzene rings is 3. The maximum atomic E-state index is 12.3. The number of fused-ring (bicyclic) bond motifs is 2. The normalized spacial score (nSPS) is 19.9. The number of nitrogens with zero attached hydrogens (tertiary/aromatic N) is 1. The van der Waals surface area contributed by atoms with Gasteiger partial charge in [-0.15, -0.1) is 13.2 Å². The van der Waals surface area contributed by atoms with E-state index in [4.69, 9.17) is 4.74 Å². The summed E-state index contributed by atoms with van der Waals surface area (Å²) in [5.41, 5.74) is 2.08. The lowest BCUT2D eigenvalue weighted by atomic mass is 9.99. The maximum absolute atomic E-state index is 12.3. The zero-order valence-electron chi connectivity index (χ0n) is 17.5. The summed E-state index contributed by atoms with van der Waals surface area (Å²) in [7, 11) is 0. The van der Waals surface area contributed by atoms with Gasteiger partial charge in [0, 0.05) is 30.1 Å². The molecule has 0 aromatic heterocycles. The number of alkyl halides is 3. The van der Waals surface area contributed by atoms with E-state index in [-0.39, 0.29) is 17.8 Å². The molecule has 5 nitrogen and oxygen atoms in total. The predicted octanol–water partition coefficient (Wildman–Crippen LogP) is 5.86. The van der Waals surface area contributed by atoms with Crippen LogP contribution in [0.4, 0.5) is 24.5 Å². The van der Waals surface area contributed by atoms with E-state index in [2.05, 4.69) is 31.8 Å². The average Bonchev–Trinajstić information content (AvgIpc) is 2.81. The van der Waals surface area contributed by atoms with E-state index in [9.17, 15) is 13.2 Å². The van der Waals surface area contributed by atoms with E-state index < -0.39 is 6.36 Å². The SMILES string of the molecule is FC(F)(F)Oc1ccc(SN[C@H]2CNCC(N3c4ccccc4Oc4ccccc43)C2)cc1. The fourth-order valence-corrected chi connectivity index (χ4v) is 4.95. The van der Waals surface area contributed by atoms with Gasteiger partial charge in [-0.25, -0.2) is 0 Å². The van der Waals surface area contributed by atoms with Gasteiger partial charge < -0.3 is 19.7 Å². The Kier molecular flexibility index (Phi) is 6.09. The molecule has 3 aromatic rings. The van der Waals surface area contributed by atoms with Crippen molar-refractivity contribution in [3.05, 3.63) is 72.8 Å². The molecular formula is C24H22F3N3O2S. The first-order chi connectivity index (χ1) is 16.0. The first-order valence-electron chi connectivity index (χ1n) is 10.6. The van der Waals surface area contributed by atoms with Crippen LogP contribution in [0.3, 0.4) is 0 Å². The fourth-order valence-electron chi connectivity index (χ4n) is 4.19. The Balaban J connectivity index is 1.27. The minimum absolute atomic E-state index is 0.169. The van der Waals surface area contributed by atoms with Crippen molar-refractivity contribution in [2.45, 2.75) is 29.8 Å². The summed E-state index contributed by atoms with van der Waals surface area (Å²) in [5, 5.41) is 3.51. The standard InChI is InChI=1S/C24H22F3N3O2S/c25-24(26,27)32-18-9-11-19(12-10-18)33-29-16-13-17(15-28-14-16)30-20-5-1-3-7-22(20)31-23-8-4-2-6-21(23)30/h1-12,16-17,28-29H,13-15H2/t16-,17?/m1/s1. The van der Waals surface area contributed by atoms with E-state index in [1.165, 1.54) is 24.1 Å². The van der Waals surface area contributed by atoms with Gasteiger partial charge in [0.1, 0.15) is 5.75 Å². The second-order valence-electron chi connectivity index (χ2n) is 7.89. The first-order valence-corrected chi connectivity index (χ1v) is 11.4. The number of hydrogen-bond donors (Lipinski definition) is 2. The average molecular weight is 474 g/mol. The number of nitrogens with one attached hydrogen (secondary N) is 2. The highest BCUT2D eigenvalue weighted by Gasteiger charge is 2.33. The number of anilines is 2. The Morgan fingerprint density at radius 2 is 1.55 bits per heavy atom. The van der Waals surface area contributed by atoms with Crippen molar-refractivity contribution < 1.29 is 22.6 Å². The molecule has 0 bridgehead atoms. The maximum Gasteiger partial charge on any atom is 0.573 e. The highest BCUT2D eigenvalue weighted by molar-refractivity contribution is 7.97. The molecule has 1 saturated heterocycles. The topological polar surface area (TPSA) is 45.8 Å². The van der Waals surface area contributed by atoms with Crippen LogP contribution in [-0.4, -0.2) is 31.5 Å². The van der Waals surface area contributed by atoms with Crippen LogP contribution in [0.15, 0.2) is 77.7 Å². The van der Waals surface area contributed by atoms with Crippen molar-refractivity contribution in [2.75, 3.05) is 18.0 Å². The van der Waals surface area contributed by atoms with E-state index in [1.54, 1.807) is 12.1 Å². The Hall–Kier alpha value is -2.88. The van der Waals surface area contributed by atoms with Crippen LogP contribution in [0.1, 0.15) is 6.42 Å². The van der Waals surface area contributed by atoms with Crippen molar-refractivity contribution in [1.82, 2.24) is 10.0 Å². The van der Waals surface area contributed by atoms with Crippen LogP contribution in [0.2, 0.25) is 0 Å². The van der Waals surface area contributed by atoms with Gasteiger partial charge in [-0.1, -0.05) is 24.3 Å². The summed E-state index contributed by atoms with van der Waals surface area (Å²) in [6.45, 7) is 1.63. The van der Waals surface area contributed by atoms with Crippen LogP contribution < -0.4 is 24.4 Å². The van der Waals surface area contributed by atoms with Crippen molar-refractivity contribution in [3.8, 4) is 17.2 Å². The molecular weight excluding hydrogens is 451 g/mol. The second-order valence-corrected chi connectivity index (χ2v) is 8.80. The molecule has 5 rings (SSSR count). The van der Waals surface area contributed by atoms with Gasteiger partial charge in [-0.2, -0.15) is 0 Å². The summed E-state index contributed by atoms with van der Waals surface area (Å²) >= 11 is 1.40. The zero-order valence-corrected chi connectivity index (χ0v) is 18.3. The highest BCUT2D eigenvalue weighted by Crippen LogP contribution is 2.48. The zero-order chi connectivity index (χ0) is 22.8. The smallest absolute Gasteiger partial charge is 0.453 e. The number of rotatable bonds is 5. The molecule has 0 aliphatic carbocycles. The predicted molar refractivity (Wildman–Crippen MR) is 122 cm³/mol. The summed E-state index contributed by atoms with van der Waals surface area (Å²) < 4.78 is 50.5. The van der Waals surface area contributed by atoms with E-state index >= 15 is 0 Å². The van der Waals surface area contributed by atoms with Gasteiger partial charge >= 0.3 is 6.36 Å². The number of hydrogen-bond acceptors (Lipinski definition) is 6. The van der Waals surface area contributed by atoms with Crippen molar-refractivity contribution >= 4 is 23.3 Å². The van der Waals surface area contributed by atoms with Gasteiger partial charge in [-0.3, -0.25) is 4.72 Å². The molecule has 1 unspecified atom stereocenters. The molecule has 0 spiro atoms. The lowest BCUT2D eigenvalue weighted by molar-refractivity contribution is -0.274. The lowest BCUT2D eigenvalue weighted by Crippen LogP contribution is -2.53. The largest absolute Gasteiger partial charge is 0.573 e. The van der Waals surface area contributed by atoms with Crippen LogP contribution in [-0.2, 0) is 0 Å². The monoisotopic (exact) mass is 473 g/mol. The Labute approximate surface area is 194 Å². The Morgan fingerprint density at radius 1 is 0.909 bits per heavy atom. The molecule has 2 aliphatic rings. The van der Waals surface area contributed by atoms with Crippen LogP contribution >= 0.6 is 11.9 Å². The van der Waals surface area contributed by atoms with Crippen molar-refractivity contribution in [2.24, 2.45) is 0 Å². The summed E-state index contributed by atoms with van der Waals surface area (Å²) in [6.07, 6.45) is -3.80. The fraction of sp³-hybridized carbons (Fsp3) is 0.250. The third kappa shape index (κ3) is 5.05. The Morgan fingerprint density at radius 3 is 2.18 bits per heavy atom. The number of para-hydroxylation sites is 4. The molecule has 33 heavy (non-hydrogen) atoms. The third-order valence-electron chi connectivity index (χ3n) is 5.56. The molecule has 2 atom stereocenters. The van der Waals surface area contributed by atoms with Gasteiger partial charge in [0.25, 0.3) is 0 Å². The molecule has 9 heteroatoms. The first kappa shape index (κ1) is 21.9. The number of piperidine rings is 1. The van der Waals surface area contributed by atoms with Crippen molar-refractivity contribution in [3.63, 3.8) is 0 Å². The molecule has 1 fully saturated rings. The van der Waals surface area contributed by atoms with E-state index in [0.717, 1.165) is 47.3 Å². The summed E-state index contributed by atoms with van der Waals surface area (Å²) in [4.78, 5) is 3.15. The summed E-state index contributed by atoms with van der Waals surface area (Å²) in [6, 6.07) is 22.3.